The Kier molecular flexibility index (Phi) is 3.54. The Morgan fingerprint density at radius 3 is 2.50 bits per heavy atom. The minimum atomic E-state index is -2.77. The standard InChI is InChI=1S/C12H17F2NO3/c13-12(14)5-4-8(7-12)10(16)15-6-2-1-3-9(15)11(17)18/h8-9H,1-7H2,(H,17,18)/t8?,9-/m0/s1. The molecule has 1 N–H and O–H groups in total. The van der Waals surface area contributed by atoms with Crippen molar-refractivity contribution in [3.63, 3.8) is 0 Å². The highest BCUT2D eigenvalue weighted by atomic mass is 19.3. The van der Waals surface area contributed by atoms with E-state index in [-0.39, 0.29) is 12.8 Å². The molecule has 1 saturated heterocycles. The molecule has 0 aromatic heterocycles. The first-order valence-electron chi connectivity index (χ1n) is 6.32. The molecule has 1 unspecified atom stereocenters. The van der Waals surface area contributed by atoms with E-state index >= 15 is 0 Å². The SMILES string of the molecule is O=C(O)[C@@H]1CCCCN1C(=O)C1CCC(F)(F)C1. The number of rotatable bonds is 2. The second kappa shape index (κ2) is 4.82. The molecule has 0 aromatic carbocycles. The first-order valence-corrected chi connectivity index (χ1v) is 6.32. The van der Waals surface area contributed by atoms with Gasteiger partial charge in [-0.1, -0.05) is 0 Å². The number of hydrogen-bond donors (Lipinski definition) is 1. The van der Waals surface area contributed by atoms with Crippen LogP contribution in [0, 0.1) is 5.92 Å². The molecule has 102 valence electrons. The maximum Gasteiger partial charge on any atom is 0.326 e. The molecule has 0 aromatic rings. The summed E-state index contributed by atoms with van der Waals surface area (Å²) in [4.78, 5) is 24.5. The van der Waals surface area contributed by atoms with Crippen LogP contribution in [-0.2, 0) is 9.59 Å². The monoisotopic (exact) mass is 261 g/mol. The van der Waals surface area contributed by atoms with Gasteiger partial charge >= 0.3 is 5.97 Å². The van der Waals surface area contributed by atoms with Crippen LogP contribution >= 0.6 is 0 Å². The predicted molar refractivity (Wildman–Crippen MR) is 59.3 cm³/mol. The van der Waals surface area contributed by atoms with E-state index in [9.17, 15) is 18.4 Å². The van der Waals surface area contributed by atoms with Crippen LogP contribution in [0.15, 0.2) is 0 Å². The lowest BCUT2D eigenvalue weighted by molar-refractivity contribution is -0.154. The van der Waals surface area contributed by atoms with Gasteiger partial charge < -0.3 is 10.0 Å². The molecular weight excluding hydrogens is 244 g/mol. The molecule has 2 rings (SSSR count). The van der Waals surface area contributed by atoms with Crippen molar-refractivity contribution in [1.29, 1.82) is 0 Å². The zero-order valence-electron chi connectivity index (χ0n) is 10.1. The van der Waals surface area contributed by atoms with Crippen molar-refractivity contribution in [1.82, 2.24) is 4.90 Å². The molecule has 4 nitrogen and oxygen atoms in total. The number of carboxylic acid groups (broad SMARTS) is 1. The van der Waals surface area contributed by atoms with Crippen molar-refractivity contribution in [2.75, 3.05) is 6.54 Å². The fraction of sp³-hybridized carbons (Fsp3) is 0.833. The molecule has 1 heterocycles. The van der Waals surface area contributed by atoms with Gasteiger partial charge in [-0.3, -0.25) is 4.79 Å². The van der Waals surface area contributed by atoms with Gasteiger partial charge in [0.05, 0.1) is 0 Å². The van der Waals surface area contributed by atoms with Gasteiger partial charge in [-0.25, -0.2) is 13.6 Å². The summed E-state index contributed by atoms with van der Waals surface area (Å²) in [6.07, 6.45) is 1.39. The van der Waals surface area contributed by atoms with Crippen molar-refractivity contribution >= 4 is 11.9 Å². The van der Waals surface area contributed by atoms with E-state index in [4.69, 9.17) is 5.11 Å². The third kappa shape index (κ3) is 2.62. The lowest BCUT2D eigenvalue weighted by Gasteiger charge is -2.34. The van der Waals surface area contributed by atoms with Crippen LogP contribution in [0.2, 0.25) is 0 Å². The Balaban J connectivity index is 2.05. The summed E-state index contributed by atoms with van der Waals surface area (Å²) in [7, 11) is 0. The number of alkyl halides is 2. The minimum absolute atomic E-state index is 0.161. The van der Waals surface area contributed by atoms with Crippen LogP contribution in [0.5, 0.6) is 0 Å². The molecular formula is C12H17F2NO3. The Bertz CT molecular complexity index is 359. The summed E-state index contributed by atoms with van der Waals surface area (Å²) in [5.74, 6) is -4.92. The molecule has 1 aliphatic carbocycles. The Hall–Kier alpha value is -1.20. The maximum atomic E-state index is 13.1. The molecule has 0 radical (unpaired) electrons. The quantitative estimate of drug-likeness (QED) is 0.825. The second-order valence-electron chi connectivity index (χ2n) is 5.18. The van der Waals surface area contributed by atoms with Crippen LogP contribution in [0.4, 0.5) is 8.78 Å². The van der Waals surface area contributed by atoms with E-state index in [2.05, 4.69) is 0 Å². The Morgan fingerprint density at radius 1 is 1.22 bits per heavy atom. The van der Waals surface area contributed by atoms with Gasteiger partial charge in [-0.05, 0) is 25.7 Å². The van der Waals surface area contributed by atoms with E-state index in [0.717, 1.165) is 12.8 Å². The molecule has 1 amide bonds. The summed E-state index contributed by atoms with van der Waals surface area (Å²) in [6.45, 7) is 0.373. The van der Waals surface area contributed by atoms with E-state index in [1.165, 1.54) is 4.90 Å². The minimum Gasteiger partial charge on any atom is -0.480 e. The van der Waals surface area contributed by atoms with Crippen molar-refractivity contribution in [2.24, 2.45) is 5.92 Å². The van der Waals surface area contributed by atoms with Crippen molar-refractivity contribution in [3.05, 3.63) is 0 Å². The number of carbonyl (C=O) groups is 2. The van der Waals surface area contributed by atoms with Crippen LogP contribution in [0.3, 0.4) is 0 Å². The Labute approximate surface area is 104 Å². The van der Waals surface area contributed by atoms with Crippen LogP contribution < -0.4 is 0 Å². The van der Waals surface area contributed by atoms with Gasteiger partial charge in [-0.15, -0.1) is 0 Å². The number of aliphatic carboxylic acids is 1. The average Bonchev–Trinajstić information content (AvgIpc) is 2.68. The molecule has 6 heteroatoms. The first-order chi connectivity index (χ1) is 8.41. The van der Waals surface area contributed by atoms with Crippen molar-refractivity contribution < 1.29 is 23.5 Å². The number of likely N-dealkylation sites (tertiary alicyclic amines) is 1. The number of nitrogens with zero attached hydrogens (tertiary/aromatic N) is 1. The highest BCUT2D eigenvalue weighted by molar-refractivity contribution is 5.85. The largest absolute Gasteiger partial charge is 0.480 e. The van der Waals surface area contributed by atoms with Gasteiger partial charge in [-0.2, -0.15) is 0 Å². The molecule has 1 saturated carbocycles. The van der Waals surface area contributed by atoms with Gasteiger partial charge in [0.15, 0.2) is 0 Å². The van der Waals surface area contributed by atoms with E-state index in [1.807, 2.05) is 0 Å². The number of amides is 1. The molecule has 1 aliphatic heterocycles. The van der Waals surface area contributed by atoms with Crippen molar-refractivity contribution in [2.45, 2.75) is 50.5 Å². The summed E-state index contributed by atoms with van der Waals surface area (Å²) in [5, 5.41) is 9.06. The van der Waals surface area contributed by atoms with Crippen molar-refractivity contribution in [3.8, 4) is 0 Å². The fourth-order valence-electron chi connectivity index (χ4n) is 2.85. The molecule has 0 bridgehead atoms. The number of halogens is 2. The molecule has 0 spiro atoms. The summed E-state index contributed by atoms with van der Waals surface area (Å²) >= 11 is 0. The van der Waals surface area contributed by atoms with Gasteiger partial charge in [0.25, 0.3) is 0 Å². The van der Waals surface area contributed by atoms with E-state index in [0.29, 0.717) is 13.0 Å². The number of piperidine rings is 1. The van der Waals surface area contributed by atoms with Gasteiger partial charge in [0.1, 0.15) is 6.04 Å². The zero-order chi connectivity index (χ0) is 13.3. The van der Waals surface area contributed by atoms with Crippen LogP contribution in [0.25, 0.3) is 0 Å². The summed E-state index contributed by atoms with van der Waals surface area (Å²) in [6, 6.07) is -0.833. The first kappa shape index (κ1) is 13.2. The highest BCUT2D eigenvalue weighted by Crippen LogP contribution is 2.40. The predicted octanol–water partition coefficient (Wildman–Crippen LogP) is 1.89. The summed E-state index contributed by atoms with van der Waals surface area (Å²) < 4.78 is 26.2. The zero-order valence-corrected chi connectivity index (χ0v) is 10.1. The second-order valence-corrected chi connectivity index (χ2v) is 5.18. The third-order valence-electron chi connectivity index (χ3n) is 3.82. The normalized spacial score (nSPS) is 31.3. The molecule has 2 aliphatic rings. The lowest BCUT2D eigenvalue weighted by atomic mass is 9.98. The number of hydrogen-bond acceptors (Lipinski definition) is 2. The number of carboxylic acids is 1. The molecule has 2 fully saturated rings. The summed E-state index contributed by atoms with van der Waals surface area (Å²) in [5.41, 5.74) is 0. The van der Waals surface area contributed by atoms with Crippen LogP contribution in [-0.4, -0.2) is 40.4 Å². The maximum absolute atomic E-state index is 13.1. The van der Waals surface area contributed by atoms with Gasteiger partial charge in [0.2, 0.25) is 11.8 Å². The fourth-order valence-corrected chi connectivity index (χ4v) is 2.85. The third-order valence-corrected chi connectivity index (χ3v) is 3.82. The smallest absolute Gasteiger partial charge is 0.326 e. The topological polar surface area (TPSA) is 57.6 Å². The number of carbonyl (C=O) groups excluding carboxylic acids is 1. The van der Waals surface area contributed by atoms with E-state index in [1.54, 1.807) is 0 Å². The Morgan fingerprint density at radius 2 is 1.94 bits per heavy atom. The van der Waals surface area contributed by atoms with Crippen LogP contribution in [0.1, 0.15) is 38.5 Å². The average molecular weight is 261 g/mol. The molecule has 2 atom stereocenters. The lowest BCUT2D eigenvalue weighted by Crippen LogP contribution is -2.49. The highest BCUT2D eigenvalue weighted by Gasteiger charge is 2.45. The molecule has 18 heavy (non-hydrogen) atoms. The van der Waals surface area contributed by atoms with Gasteiger partial charge in [0, 0.05) is 25.3 Å². The van der Waals surface area contributed by atoms with E-state index < -0.39 is 36.2 Å².